The Morgan fingerprint density at radius 3 is 2.48 bits per heavy atom. The zero-order valence-corrected chi connectivity index (χ0v) is 16.7. The standard InChI is InChI=1S/C21H23F3N2O3/c1-5-14(11-27)26-10-13(3)20-17(26)8-12(2)19(25-20)16-7-6-15(9-18(16)28-4)29-21(22,23)24/h6-10,14,27H,5,11H2,1-4H3. The number of ether oxygens (including phenoxy) is 2. The Labute approximate surface area is 166 Å². The number of aliphatic hydroxyl groups excluding tert-OH is 1. The molecule has 0 bridgehead atoms. The predicted molar refractivity (Wildman–Crippen MR) is 104 cm³/mol. The largest absolute Gasteiger partial charge is 0.573 e. The molecular weight excluding hydrogens is 385 g/mol. The van der Waals surface area contributed by atoms with E-state index in [0.29, 0.717) is 11.3 Å². The van der Waals surface area contributed by atoms with Gasteiger partial charge in [-0.05, 0) is 49.6 Å². The molecule has 0 amide bonds. The molecule has 1 atom stereocenters. The van der Waals surface area contributed by atoms with Gasteiger partial charge in [-0.3, -0.25) is 0 Å². The molecule has 156 valence electrons. The fourth-order valence-electron chi connectivity index (χ4n) is 3.48. The Bertz CT molecular complexity index is 1020. The van der Waals surface area contributed by atoms with Gasteiger partial charge < -0.3 is 19.1 Å². The van der Waals surface area contributed by atoms with Gasteiger partial charge in [0.15, 0.2) is 0 Å². The zero-order chi connectivity index (χ0) is 21.3. The fourth-order valence-corrected chi connectivity index (χ4v) is 3.48. The number of alkyl halides is 3. The second-order valence-corrected chi connectivity index (χ2v) is 6.90. The van der Waals surface area contributed by atoms with Crippen molar-refractivity contribution in [3.05, 3.63) is 41.6 Å². The molecule has 3 aromatic rings. The summed E-state index contributed by atoms with van der Waals surface area (Å²) < 4.78 is 48.8. The van der Waals surface area contributed by atoms with Crippen molar-refractivity contribution in [1.82, 2.24) is 9.55 Å². The Morgan fingerprint density at radius 2 is 1.90 bits per heavy atom. The lowest BCUT2D eigenvalue weighted by molar-refractivity contribution is -0.274. The van der Waals surface area contributed by atoms with E-state index in [1.165, 1.54) is 25.3 Å². The van der Waals surface area contributed by atoms with Gasteiger partial charge in [0.1, 0.15) is 11.5 Å². The highest BCUT2D eigenvalue weighted by Gasteiger charge is 2.31. The van der Waals surface area contributed by atoms with Gasteiger partial charge in [-0.25, -0.2) is 4.98 Å². The number of methoxy groups -OCH3 is 1. The van der Waals surface area contributed by atoms with Crippen LogP contribution in [0, 0.1) is 13.8 Å². The Balaban J connectivity index is 2.13. The number of aromatic nitrogens is 2. The molecule has 29 heavy (non-hydrogen) atoms. The first-order valence-corrected chi connectivity index (χ1v) is 9.22. The second kappa shape index (κ2) is 7.94. The Hall–Kier alpha value is -2.74. The van der Waals surface area contributed by atoms with Crippen LogP contribution < -0.4 is 9.47 Å². The van der Waals surface area contributed by atoms with Gasteiger partial charge in [-0.1, -0.05) is 6.92 Å². The maximum absolute atomic E-state index is 12.5. The van der Waals surface area contributed by atoms with E-state index in [1.54, 1.807) is 0 Å². The van der Waals surface area contributed by atoms with Gasteiger partial charge in [0.05, 0.1) is 36.5 Å². The molecule has 0 fully saturated rings. The van der Waals surface area contributed by atoms with Crippen LogP contribution in [0.4, 0.5) is 13.2 Å². The third-order valence-corrected chi connectivity index (χ3v) is 4.91. The predicted octanol–water partition coefficient (Wildman–Crippen LogP) is 5.17. The summed E-state index contributed by atoms with van der Waals surface area (Å²) in [4.78, 5) is 4.78. The van der Waals surface area contributed by atoms with E-state index in [1.807, 2.05) is 37.6 Å². The molecule has 0 radical (unpaired) electrons. The van der Waals surface area contributed by atoms with Crippen molar-refractivity contribution in [2.75, 3.05) is 13.7 Å². The molecule has 0 saturated carbocycles. The molecule has 5 nitrogen and oxygen atoms in total. The molecule has 1 aromatic carbocycles. The number of pyridine rings is 1. The number of benzene rings is 1. The van der Waals surface area contributed by atoms with Gasteiger partial charge in [0.2, 0.25) is 0 Å². The highest BCUT2D eigenvalue weighted by atomic mass is 19.4. The summed E-state index contributed by atoms with van der Waals surface area (Å²) in [6.45, 7) is 5.85. The van der Waals surface area contributed by atoms with Crippen LogP contribution in [0.1, 0.15) is 30.5 Å². The van der Waals surface area contributed by atoms with Crippen molar-refractivity contribution in [2.24, 2.45) is 0 Å². The van der Waals surface area contributed by atoms with E-state index in [2.05, 4.69) is 4.74 Å². The average molecular weight is 408 g/mol. The van der Waals surface area contributed by atoms with Gasteiger partial charge >= 0.3 is 6.36 Å². The molecule has 3 rings (SSSR count). The summed E-state index contributed by atoms with van der Waals surface area (Å²) in [5, 5.41) is 9.68. The molecule has 2 aromatic heterocycles. The minimum absolute atomic E-state index is 0.0228. The van der Waals surface area contributed by atoms with Crippen molar-refractivity contribution in [1.29, 1.82) is 0 Å². The minimum Gasteiger partial charge on any atom is -0.496 e. The molecule has 0 aliphatic carbocycles. The summed E-state index contributed by atoms with van der Waals surface area (Å²) >= 11 is 0. The van der Waals surface area contributed by atoms with Crippen molar-refractivity contribution in [3.8, 4) is 22.8 Å². The zero-order valence-electron chi connectivity index (χ0n) is 16.7. The third kappa shape index (κ3) is 4.17. The van der Waals surface area contributed by atoms with Gasteiger partial charge in [-0.15, -0.1) is 13.2 Å². The number of aliphatic hydroxyl groups is 1. The van der Waals surface area contributed by atoms with Gasteiger partial charge in [-0.2, -0.15) is 0 Å². The Morgan fingerprint density at radius 1 is 1.17 bits per heavy atom. The lowest BCUT2D eigenvalue weighted by Crippen LogP contribution is -2.17. The lowest BCUT2D eigenvalue weighted by Gasteiger charge is -2.17. The number of hydrogen-bond acceptors (Lipinski definition) is 4. The van der Waals surface area contributed by atoms with Gasteiger partial charge in [0, 0.05) is 17.8 Å². The number of hydrogen-bond donors (Lipinski definition) is 1. The van der Waals surface area contributed by atoms with E-state index in [4.69, 9.17) is 9.72 Å². The Kier molecular flexibility index (Phi) is 5.75. The summed E-state index contributed by atoms with van der Waals surface area (Å²) in [5.41, 5.74) is 4.65. The smallest absolute Gasteiger partial charge is 0.496 e. The van der Waals surface area contributed by atoms with Crippen molar-refractivity contribution in [3.63, 3.8) is 0 Å². The number of halogens is 3. The topological polar surface area (TPSA) is 56.5 Å². The molecule has 8 heteroatoms. The second-order valence-electron chi connectivity index (χ2n) is 6.90. The third-order valence-electron chi connectivity index (χ3n) is 4.91. The van der Waals surface area contributed by atoms with Crippen molar-refractivity contribution >= 4 is 11.0 Å². The molecule has 2 heterocycles. The van der Waals surface area contributed by atoms with Crippen LogP contribution in [0.5, 0.6) is 11.5 Å². The summed E-state index contributed by atoms with van der Waals surface area (Å²) in [7, 11) is 1.39. The van der Waals surface area contributed by atoms with Crippen LogP contribution >= 0.6 is 0 Å². The van der Waals surface area contributed by atoms with E-state index in [0.717, 1.165) is 28.6 Å². The maximum atomic E-state index is 12.5. The first kappa shape index (κ1) is 21.0. The quantitative estimate of drug-likeness (QED) is 0.611. The van der Waals surface area contributed by atoms with E-state index in [9.17, 15) is 18.3 Å². The van der Waals surface area contributed by atoms with Gasteiger partial charge in [0.25, 0.3) is 0 Å². The lowest BCUT2D eigenvalue weighted by atomic mass is 10.0. The molecule has 0 aliphatic rings. The number of aryl methyl sites for hydroxylation is 2. The van der Waals surface area contributed by atoms with Crippen molar-refractivity contribution in [2.45, 2.75) is 39.6 Å². The number of nitrogens with zero attached hydrogens (tertiary/aromatic N) is 2. The average Bonchev–Trinajstić information content (AvgIpc) is 2.96. The normalized spacial score (nSPS) is 13.0. The molecule has 1 unspecified atom stereocenters. The fraction of sp³-hybridized carbons (Fsp3) is 0.381. The van der Waals surface area contributed by atoms with Crippen LogP contribution in [0.2, 0.25) is 0 Å². The number of fused-ring (bicyclic) bond motifs is 1. The number of rotatable bonds is 6. The highest BCUT2D eigenvalue weighted by molar-refractivity contribution is 5.85. The first-order chi connectivity index (χ1) is 13.7. The maximum Gasteiger partial charge on any atom is 0.573 e. The van der Waals surface area contributed by atoms with Crippen molar-refractivity contribution < 1.29 is 27.8 Å². The highest BCUT2D eigenvalue weighted by Crippen LogP contribution is 2.37. The van der Waals surface area contributed by atoms with Crippen LogP contribution in [0.15, 0.2) is 30.5 Å². The van der Waals surface area contributed by atoms with E-state index in [-0.39, 0.29) is 24.1 Å². The van der Waals surface area contributed by atoms with E-state index < -0.39 is 6.36 Å². The summed E-state index contributed by atoms with van der Waals surface area (Å²) in [5.74, 6) is -0.117. The van der Waals surface area contributed by atoms with Crippen LogP contribution in [-0.4, -0.2) is 34.7 Å². The first-order valence-electron chi connectivity index (χ1n) is 9.22. The minimum atomic E-state index is -4.78. The van der Waals surface area contributed by atoms with Crippen LogP contribution in [-0.2, 0) is 0 Å². The molecular formula is C21H23F3N2O3. The van der Waals surface area contributed by atoms with Crippen LogP contribution in [0.25, 0.3) is 22.3 Å². The SMILES string of the molecule is CCC(CO)n1cc(C)c2nc(-c3ccc(OC(F)(F)F)cc3OC)c(C)cc21. The molecule has 0 spiro atoms. The van der Waals surface area contributed by atoms with Crippen LogP contribution in [0.3, 0.4) is 0 Å². The molecule has 1 N–H and O–H groups in total. The van der Waals surface area contributed by atoms with E-state index >= 15 is 0 Å². The molecule has 0 saturated heterocycles. The summed E-state index contributed by atoms with van der Waals surface area (Å²) in [6.07, 6.45) is -2.04. The monoisotopic (exact) mass is 408 g/mol. The summed E-state index contributed by atoms with van der Waals surface area (Å²) in [6, 6.07) is 5.88. The molecule has 0 aliphatic heterocycles.